The lowest BCUT2D eigenvalue weighted by molar-refractivity contribution is -0.114. The van der Waals surface area contributed by atoms with Crippen LogP contribution in [0.3, 0.4) is 0 Å². The monoisotopic (exact) mass is 422 g/mol. The minimum atomic E-state index is -0.224. The highest BCUT2D eigenvalue weighted by Gasteiger charge is 2.23. The highest BCUT2D eigenvalue weighted by Crippen LogP contribution is 2.20. The van der Waals surface area contributed by atoms with Gasteiger partial charge in [0.1, 0.15) is 0 Å². The van der Waals surface area contributed by atoms with E-state index in [2.05, 4.69) is 21.3 Å². The Labute approximate surface area is 183 Å². The first kappa shape index (κ1) is 22.3. The van der Waals surface area contributed by atoms with Gasteiger partial charge in [-0.05, 0) is 67.6 Å². The van der Waals surface area contributed by atoms with E-state index in [1.165, 1.54) is 0 Å². The highest BCUT2D eigenvalue weighted by atomic mass is 16.2. The SMILES string of the molecule is Cc1cc(C(=O)NCC(C)C)ccc1NCC(=O)Nc1cccc(C(=O)NC2CC2)c1. The molecule has 164 valence electrons. The topological polar surface area (TPSA) is 99.3 Å². The summed E-state index contributed by atoms with van der Waals surface area (Å²) in [5.74, 6) is -0.0627. The quantitative estimate of drug-likeness (QED) is 0.498. The summed E-state index contributed by atoms with van der Waals surface area (Å²) in [6, 6.07) is 12.5. The molecule has 1 aliphatic carbocycles. The summed E-state index contributed by atoms with van der Waals surface area (Å²) in [4.78, 5) is 36.7. The van der Waals surface area contributed by atoms with Crippen molar-refractivity contribution >= 4 is 29.1 Å². The van der Waals surface area contributed by atoms with Crippen LogP contribution >= 0.6 is 0 Å². The first-order valence-electron chi connectivity index (χ1n) is 10.7. The summed E-state index contributed by atoms with van der Waals surface area (Å²) in [6.07, 6.45) is 2.05. The van der Waals surface area contributed by atoms with Crippen LogP contribution in [0.2, 0.25) is 0 Å². The molecule has 0 aliphatic heterocycles. The molecule has 0 saturated heterocycles. The smallest absolute Gasteiger partial charge is 0.251 e. The van der Waals surface area contributed by atoms with Crippen LogP contribution in [-0.2, 0) is 4.79 Å². The van der Waals surface area contributed by atoms with Crippen molar-refractivity contribution in [1.29, 1.82) is 0 Å². The van der Waals surface area contributed by atoms with Crippen molar-refractivity contribution < 1.29 is 14.4 Å². The Balaban J connectivity index is 1.52. The predicted molar refractivity (Wildman–Crippen MR) is 122 cm³/mol. The summed E-state index contributed by atoms with van der Waals surface area (Å²) >= 11 is 0. The van der Waals surface area contributed by atoms with Gasteiger partial charge in [0.25, 0.3) is 11.8 Å². The predicted octanol–water partition coefficient (Wildman–Crippen LogP) is 3.32. The van der Waals surface area contributed by atoms with Crippen LogP contribution in [0, 0.1) is 12.8 Å². The maximum atomic E-state index is 12.4. The van der Waals surface area contributed by atoms with E-state index < -0.39 is 0 Å². The lowest BCUT2D eigenvalue weighted by Gasteiger charge is -2.13. The van der Waals surface area contributed by atoms with E-state index in [0.717, 1.165) is 24.1 Å². The zero-order valence-corrected chi connectivity index (χ0v) is 18.2. The number of hydrogen-bond donors (Lipinski definition) is 4. The van der Waals surface area contributed by atoms with E-state index in [9.17, 15) is 14.4 Å². The molecule has 0 radical (unpaired) electrons. The molecule has 1 saturated carbocycles. The van der Waals surface area contributed by atoms with Crippen LogP contribution in [0.25, 0.3) is 0 Å². The van der Waals surface area contributed by atoms with Gasteiger partial charge in [-0.1, -0.05) is 19.9 Å². The Morgan fingerprint density at radius 3 is 2.42 bits per heavy atom. The lowest BCUT2D eigenvalue weighted by atomic mass is 10.1. The minimum absolute atomic E-state index is 0.0677. The Bertz CT molecular complexity index is 967. The van der Waals surface area contributed by atoms with Crippen LogP contribution < -0.4 is 21.3 Å². The average molecular weight is 423 g/mol. The van der Waals surface area contributed by atoms with E-state index in [1.54, 1.807) is 42.5 Å². The van der Waals surface area contributed by atoms with Gasteiger partial charge in [0, 0.05) is 35.1 Å². The van der Waals surface area contributed by atoms with E-state index in [1.807, 2.05) is 20.8 Å². The number of nitrogens with one attached hydrogen (secondary N) is 4. The third-order valence-corrected chi connectivity index (χ3v) is 4.92. The van der Waals surface area contributed by atoms with Gasteiger partial charge in [-0.25, -0.2) is 0 Å². The maximum Gasteiger partial charge on any atom is 0.251 e. The molecule has 31 heavy (non-hydrogen) atoms. The molecule has 7 heteroatoms. The number of benzene rings is 2. The first-order valence-corrected chi connectivity index (χ1v) is 10.7. The molecular formula is C24H30N4O3. The van der Waals surface area contributed by atoms with Crippen LogP contribution in [-0.4, -0.2) is 36.9 Å². The molecule has 1 aliphatic rings. The standard InChI is InChI=1S/C24H30N4O3/c1-15(2)13-26-23(30)18-7-10-21(16(3)11-18)25-14-22(29)27-20-6-4-5-17(12-20)24(31)28-19-8-9-19/h4-7,10-12,15,19,25H,8-9,13-14H2,1-3H3,(H,26,30)(H,27,29)(H,28,31). The molecule has 3 amide bonds. The maximum absolute atomic E-state index is 12.4. The van der Waals surface area contributed by atoms with Crippen molar-refractivity contribution in [3.05, 3.63) is 59.2 Å². The number of amides is 3. The summed E-state index contributed by atoms with van der Waals surface area (Å²) in [5, 5.41) is 11.7. The molecule has 0 atom stereocenters. The van der Waals surface area contributed by atoms with Crippen molar-refractivity contribution in [2.24, 2.45) is 5.92 Å². The Kier molecular flexibility index (Phi) is 7.28. The van der Waals surface area contributed by atoms with E-state index >= 15 is 0 Å². The molecular weight excluding hydrogens is 392 g/mol. The lowest BCUT2D eigenvalue weighted by Crippen LogP contribution is -2.27. The molecule has 2 aromatic rings. The number of aryl methyl sites for hydroxylation is 1. The fourth-order valence-corrected chi connectivity index (χ4v) is 3.02. The first-order chi connectivity index (χ1) is 14.8. The van der Waals surface area contributed by atoms with Gasteiger partial charge < -0.3 is 21.3 Å². The number of hydrogen-bond acceptors (Lipinski definition) is 4. The second-order valence-corrected chi connectivity index (χ2v) is 8.36. The number of anilines is 2. The fraction of sp³-hybridized carbons (Fsp3) is 0.375. The van der Waals surface area contributed by atoms with E-state index in [0.29, 0.717) is 29.3 Å². The molecule has 0 aromatic heterocycles. The number of carbonyl (C=O) groups excluding carboxylic acids is 3. The van der Waals surface area contributed by atoms with Gasteiger partial charge in [-0.15, -0.1) is 0 Å². The van der Waals surface area contributed by atoms with Crippen LogP contribution in [0.5, 0.6) is 0 Å². The number of carbonyl (C=O) groups is 3. The summed E-state index contributed by atoms with van der Waals surface area (Å²) in [5.41, 5.74) is 3.36. The van der Waals surface area contributed by atoms with Gasteiger partial charge in [-0.2, -0.15) is 0 Å². The van der Waals surface area contributed by atoms with Crippen molar-refractivity contribution in [3.63, 3.8) is 0 Å². The largest absolute Gasteiger partial charge is 0.376 e. The second-order valence-electron chi connectivity index (χ2n) is 8.36. The zero-order chi connectivity index (χ0) is 22.4. The van der Waals surface area contributed by atoms with Crippen LogP contribution in [0.1, 0.15) is 53.0 Å². The van der Waals surface area contributed by atoms with Gasteiger partial charge in [0.05, 0.1) is 6.54 Å². The Morgan fingerprint density at radius 2 is 1.74 bits per heavy atom. The van der Waals surface area contributed by atoms with E-state index in [4.69, 9.17) is 0 Å². The van der Waals surface area contributed by atoms with Crippen LogP contribution in [0.4, 0.5) is 11.4 Å². The molecule has 1 fully saturated rings. The molecule has 2 aromatic carbocycles. The number of rotatable bonds is 9. The molecule has 0 unspecified atom stereocenters. The van der Waals surface area contributed by atoms with Gasteiger partial charge in [0.2, 0.25) is 5.91 Å². The summed E-state index contributed by atoms with van der Waals surface area (Å²) in [7, 11) is 0. The Hall–Kier alpha value is -3.35. The summed E-state index contributed by atoms with van der Waals surface area (Å²) in [6.45, 7) is 6.67. The van der Waals surface area contributed by atoms with Crippen molar-refractivity contribution in [1.82, 2.24) is 10.6 Å². The third kappa shape index (κ3) is 6.84. The van der Waals surface area contributed by atoms with E-state index in [-0.39, 0.29) is 30.3 Å². The second kappa shape index (κ2) is 10.1. The molecule has 7 nitrogen and oxygen atoms in total. The van der Waals surface area contributed by atoms with Crippen LogP contribution in [0.15, 0.2) is 42.5 Å². The van der Waals surface area contributed by atoms with Crippen molar-refractivity contribution in [3.8, 4) is 0 Å². The Morgan fingerprint density at radius 1 is 1.00 bits per heavy atom. The van der Waals surface area contributed by atoms with Gasteiger partial charge >= 0.3 is 0 Å². The fourth-order valence-electron chi connectivity index (χ4n) is 3.02. The van der Waals surface area contributed by atoms with Gasteiger partial charge in [0.15, 0.2) is 0 Å². The van der Waals surface area contributed by atoms with Crippen molar-refractivity contribution in [2.45, 2.75) is 39.7 Å². The highest BCUT2D eigenvalue weighted by molar-refractivity contribution is 5.98. The molecule has 0 bridgehead atoms. The molecule has 0 spiro atoms. The normalized spacial score (nSPS) is 12.9. The molecule has 4 N–H and O–H groups in total. The molecule has 0 heterocycles. The third-order valence-electron chi connectivity index (χ3n) is 4.92. The van der Waals surface area contributed by atoms with Gasteiger partial charge in [-0.3, -0.25) is 14.4 Å². The molecule has 3 rings (SSSR count). The minimum Gasteiger partial charge on any atom is -0.376 e. The average Bonchev–Trinajstić information content (AvgIpc) is 3.55. The van der Waals surface area contributed by atoms with Crippen molar-refractivity contribution in [2.75, 3.05) is 23.7 Å². The zero-order valence-electron chi connectivity index (χ0n) is 18.2. The summed E-state index contributed by atoms with van der Waals surface area (Å²) < 4.78 is 0.